The van der Waals surface area contributed by atoms with Crippen molar-refractivity contribution in [1.82, 2.24) is 0 Å². The molecule has 0 radical (unpaired) electrons. The normalized spacial score (nSPS) is 13.5. The Balaban J connectivity index is 4.21. The van der Waals surface area contributed by atoms with Crippen LogP contribution in [0.1, 0.15) is 47.5 Å². The van der Waals surface area contributed by atoms with Gasteiger partial charge in [0.25, 0.3) is 0 Å². The molecule has 0 unspecified atom stereocenters. The first-order valence-corrected chi connectivity index (χ1v) is 5.43. The Bertz CT molecular complexity index is 237. The monoisotopic (exact) mass is 212 g/mol. The van der Waals surface area contributed by atoms with Gasteiger partial charge in [-0.1, -0.05) is 19.9 Å². The molecule has 0 aromatic heterocycles. The molecule has 15 heavy (non-hydrogen) atoms. The maximum atomic E-state index is 10.8. The van der Waals surface area contributed by atoms with Gasteiger partial charge in [0, 0.05) is 7.11 Å². The molecule has 0 saturated carbocycles. The minimum absolute atomic E-state index is 0.0570. The van der Waals surface area contributed by atoms with Crippen molar-refractivity contribution in [2.75, 3.05) is 7.11 Å². The molecular weight excluding hydrogens is 188 g/mol. The van der Waals surface area contributed by atoms with Gasteiger partial charge >= 0.3 is 0 Å². The smallest absolute Gasteiger partial charge is 0.152 e. The molecule has 0 aliphatic rings. The summed E-state index contributed by atoms with van der Waals surface area (Å²) in [5.74, 6) is 0.106. The van der Waals surface area contributed by atoms with Crippen LogP contribution in [0.2, 0.25) is 0 Å². The van der Waals surface area contributed by atoms with Crippen LogP contribution in [0.25, 0.3) is 0 Å². The number of hydrogen-bond acceptors (Lipinski definition) is 2. The molecule has 0 aromatic rings. The Kier molecular flexibility index (Phi) is 5.22. The molecule has 0 aromatic carbocycles. The first kappa shape index (κ1) is 14.4. The number of rotatable bonds is 6. The molecule has 0 atom stereocenters. The fraction of sp³-hybridized carbons (Fsp3) is 0.769. The van der Waals surface area contributed by atoms with Crippen molar-refractivity contribution >= 4 is 5.78 Å². The molecule has 0 bridgehead atoms. The minimum atomic E-state index is -0.0820. The summed E-state index contributed by atoms with van der Waals surface area (Å²) in [6.07, 6.45) is 5.64. The first-order valence-electron chi connectivity index (χ1n) is 5.43. The lowest BCUT2D eigenvalue weighted by atomic mass is 9.83. The second-order valence-electron chi connectivity index (χ2n) is 5.40. The van der Waals surface area contributed by atoms with E-state index in [0.717, 1.165) is 12.8 Å². The highest BCUT2D eigenvalue weighted by Crippen LogP contribution is 2.28. The van der Waals surface area contributed by atoms with Crippen LogP contribution in [0, 0.1) is 5.41 Å². The van der Waals surface area contributed by atoms with Crippen LogP contribution in [0.3, 0.4) is 0 Å². The van der Waals surface area contributed by atoms with Gasteiger partial charge in [-0.15, -0.1) is 0 Å². The van der Waals surface area contributed by atoms with Crippen LogP contribution in [0.4, 0.5) is 0 Å². The van der Waals surface area contributed by atoms with Crippen molar-refractivity contribution in [1.29, 1.82) is 0 Å². The second-order valence-corrected chi connectivity index (χ2v) is 5.40. The Morgan fingerprint density at radius 2 is 1.73 bits per heavy atom. The Morgan fingerprint density at radius 1 is 1.20 bits per heavy atom. The van der Waals surface area contributed by atoms with Gasteiger partial charge < -0.3 is 4.74 Å². The molecule has 0 rings (SSSR count). The number of methoxy groups -OCH3 is 1. The maximum Gasteiger partial charge on any atom is 0.152 e. The zero-order valence-corrected chi connectivity index (χ0v) is 10.9. The van der Waals surface area contributed by atoms with Crippen molar-refractivity contribution in [3.63, 3.8) is 0 Å². The summed E-state index contributed by atoms with van der Waals surface area (Å²) >= 11 is 0. The van der Waals surface area contributed by atoms with Gasteiger partial charge in [0.2, 0.25) is 0 Å². The molecule has 88 valence electrons. The number of allylic oxidation sites excluding steroid dienone is 2. The lowest BCUT2D eigenvalue weighted by Crippen LogP contribution is -2.25. The van der Waals surface area contributed by atoms with Crippen molar-refractivity contribution in [2.24, 2.45) is 5.41 Å². The van der Waals surface area contributed by atoms with Crippen LogP contribution in [0.15, 0.2) is 12.2 Å². The quantitative estimate of drug-likeness (QED) is 0.631. The molecule has 2 nitrogen and oxygen atoms in total. The van der Waals surface area contributed by atoms with E-state index in [9.17, 15) is 4.79 Å². The number of hydrogen-bond donors (Lipinski definition) is 0. The van der Waals surface area contributed by atoms with E-state index in [1.807, 2.05) is 6.08 Å². The highest BCUT2D eigenvalue weighted by atomic mass is 16.5. The lowest BCUT2D eigenvalue weighted by molar-refractivity contribution is -0.112. The summed E-state index contributed by atoms with van der Waals surface area (Å²) in [5.41, 5.74) is -0.0250. The van der Waals surface area contributed by atoms with E-state index < -0.39 is 0 Å². The van der Waals surface area contributed by atoms with E-state index in [-0.39, 0.29) is 16.8 Å². The summed E-state index contributed by atoms with van der Waals surface area (Å²) in [7, 11) is 1.73. The van der Waals surface area contributed by atoms with Crippen LogP contribution < -0.4 is 0 Å². The molecule has 0 amide bonds. The van der Waals surface area contributed by atoms with Crippen molar-refractivity contribution in [3.05, 3.63) is 12.2 Å². The lowest BCUT2D eigenvalue weighted by Gasteiger charge is -2.28. The molecule has 0 aliphatic heterocycles. The average Bonchev–Trinajstić information content (AvgIpc) is 2.13. The summed E-state index contributed by atoms with van der Waals surface area (Å²) in [6.45, 7) is 10.0. The van der Waals surface area contributed by atoms with Gasteiger partial charge in [0.1, 0.15) is 0 Å². The summed E-state index contributed by atoms with van der Waals surface area (Å²) in [4.78, 5) is 10.8. The zero-order chi connectivity index (χ0) is 12.1. The molecule has 0 aliphatic carbocycles. The molecule has 0 fully saturated rings. The number of ether oxygens (including phenoxy) is 1. The van der Waals surface area contributed by atoms with E-state index in [1.54, 1.807) is 20.1 Å². The van der Waals surface area contributed by atoms with Crippen LogP contribution >= 0.6 is 0 Å². The molecule has 0 saturated heterocycles. The van der Waals surface area contributed by atoms with E-state index in [2.05, 4.69) is 27.7 Å². The number of ketones is 1. The summed E-state index contributed by atoms with van der Waals surface area (Å²) in [6, 6.07) is 0. The molecule has 0 spiro atoms. The SMILES string of the molecule is COC(C)(C)CCC(C)(C)/C=C/C(C)=O. The Morgan fingerprint density at radius 3 is 2.13 bits per heavy atom. The molecule has 0 heterocycles. The van der Waals surface area contributed by atoms with Gasteiger partial charge in [-0.3, -0.25) is 4.79 Å². The van der Waals surface area contributed by atoms with E-state index in [0.29, 0.717) is 0 Å². The number of carbonyl (C=O) groups excluding carboxylic acids is 1. The van der Waals surface area contributed by atoms with E-state index >= 15 is 0 Å². The molecule has 0 N–H and O–H groups in total. The maximum absolute atomic E-state index is 10.8. The Hall–Kier alpha value is -0.630. The summed E-state index contributed by atoms with van der Waals surface area (Å²) in [5, 5.41) is 0. The van der Waals surface area contributed by atoms with Gasteiger partial charge in [0.05, 0.1) is 5.60 Å². The fourth-order valence-electron chi connectivity index (χ4n) is 1.15. The number of carbonyl (C=O) groups is 1. The van der Waals surface area contributed by atoms with Gasteiger partial charge in [0.15, 0.2) is 5.78 Å². The standard InChI is InChI=1S/C13H24O2/c1-11(14)7-8-12(2,3)9-10-13(4,5)15-6/h7-8H,9-10H2,1-6H3/b8-7+. The van der Waals surface area contributed by atoms with Crippen molar-refractivity contribution in [3.8, 4) is 0 Å². The first-order chi connectivity index (χ1) is 6.68. The van der Waals surface area contributed by atoms with Gasteiger partial charge in [-0.25, -0.2) is 0 Å². The Labute approximate surface area is 93.7 Å². The highest BCUT2D eigenvalue weighted by molar-refractivity contribution is 5.87. The largest absolute Gasteiger partial charge is 0.379 e. The van der Waals surface area contributed by atoms with Crippen LogP contribution in [-0.4, -0.2) is 18.5 Å². The van der Waals surface area contributed by atoms with E-state index in [4.69, 9.17) is 4.74 Å². The minimum Gasteiger partial charge on any atom is -0.379 e. The van der Waals surface area contributed by atoms with Gasteiger partial charge in [-0.05, 0) is 45.1 Å². The van der Waals surface area contributed by atoms with Crippen LogP contribution in [-0.2, 0) is 9.53 Å². The van der Waals surface area contributed by atoms with Crippen molar-refractivity contribution < 1.29 is 9.53 Å². The predicted molar refractivity (Wildman–Crippen MR) is 63.9 cm³/mol. The summed E-state index contributed by atoms with van der Waals surface area (Å²) < 4.78 is 5.37. The van der Waals surface area contributed by atoms with Gasteiger partial charge in [-0.2, -0.15) is 0 Å². The van der Waals surface area contributed by atoms with Crippen molar-refractivity contribution in [2.45, 2.75) is 53.1 Å². The average molecular weight is 212 g/mol. The van der Waals surface area contributed by atoms with Crippen LogP contribution in [0.5, 0.6) is 0 Å². The predicted octanol–water partition coefficient (Wildman–Crippen LogP) is 3.36. The second kappa shape index (κ2) is 5.45. The highest BCUT2D eigenvalue weighted by Gasteiger charge is 2.22. The fourth-order valence-corrected chi connectivity index (χ4v) is 1.15. The zero-order valence-electron chi connectivity index (χ0n) is 10.9. The third-order valence-electron chi connectivity index (χ3n) is 2.69. The molecule has 2 heteroatoms. The molecular formula is C13H24O2. The third kappa shape index (κ3) is 7.32. The van der Waals surface area contributed by atoms with E-state index in [1.165, 1.54) is 0 Å². The third-order valence-corrected chi connectivity index (χ3v) is 2.69. The topological polar surface area (TPSA) is 26.3 Å².